The van der Waals surface area contributed by atoms with Crippen molar-refractivity contribution in [1.82, 2.24) is 4.90 Å². The summed E-state index contributed by atoms with van der Waals surface area (Å²) in [6.45, 7) is -4.60. The van der Waals surface area contributed by atoms with Crippen molar-refractivity contribution in [2.24, 2.45) is 0 Å². The Kier molecular flexibility index (Phi) is 6.99. The van der Waals surface area contributed by atoms with Crippen LogP contribution < -0.4 is 0 Å². The number of hydrogen-bond donors (Lipinski definition) is 0. The zero-order valence-corrected chi connectivity index (χ0v) is 12.9. The monoisotopic (exact) mass is 393 g/mol. The van der Waals surface area contributed by atoms with Crippen molar-refractivity contribution in [3.05, 3.63) is 0 Å². The van der Waals surface area contributed by atoms with Gasteiger partial charge in [-0.05, 0) is 25.9 Å². The molecule has 1 aliphatic rings. The van der Waals surface area contributed by atoms with E-state index in [4.69, 9.17) is 0 Å². The summed E-state index contributed by atoms with van der Waals surface area (Å²) in [5, 5.41) is 0. The Bertz CT molecular complexity index is 414. The molecule has 1 heterocycles. The first-order valence-corrected chi connectivity index (χ1v) is 7.35. The van der Waals surface area contributed by atoms with Crippen LogP contribution in [0, 0.1) is 0 Å². The summed E-state index contributed by atoms with van der Waals surface area (Å²) in [7, 11) is 0. The van der Waals surface area contributed by atoms with Crippen LogP contribution in [0.4, 0.5) is 43.9 Å². The van der Waals surface area contributed by atoms with Gasteiger partial charge in [0.25, 0.3) is 11.8 Å². The van der Waals surface area contributed by atoms with Gasteiger partial charge in [0.15, 0.2) is 6.04 Å². The lowest BCUT2D eigenvalue weighted by molar-refractivity contribution is -0.264. The fourth-order valence-electron chi connectivity index (χ4n) is 2.65. The molecule has 0 radical (unpaired) electrons. The van der Waals surface area contributed by atoms with Gasteiger partial charge in [0.1, 0.15) is 19.6 Å². The molecule has 1 aliphatic heterocycles. The van der Waals surface area contributed by atoms with Crippen molar-refractivity contribution < 1.29 is 48.6 Å². The van der Waals surface area contributed by atoms with E-state index in [2.05, 4.69) is 4.74 Å². The topological polar surface area (TPSA) is 12.5 Å². The summed E-state index contributed by atoms with van der Waals surface area (Å²) in [5.41, 5.74) is 0. The number of piperidine rings is 1. The third kappa shape index (κ3) is 7.55. The summed E-state index contributed by atoms with van der Waals surface area (Å²) < 4.78 is 132. The summed E-state index contributed by atoms with van der Waals surface area (Å²) in [5.74, 6) is -9.09. The van der Waals surface area contributed by atoms with Crippen LogP contribution >= 0.6 is 0 Å². The molecule has 2 nitrogen and oxygen atoms in total. The predicted molar refractivity (Wildman–Crippen MR) is 66.7 cm³/mol. The lowest BCUT2D eigenvalue weighted by atomic mass is 10.0. The van der Waals surface area contributed by atoms with Crippen LogP contribution in [0.1, 0.15) is 25.7 Å². The largest absolute Gasteiger partial charge is 0.410 e. The lowest BCUT2D eigenvalue weighted by Crippen LogP contribution is -2.59. The number of hydrogen-bond acceptors (Lipinski definition) is 2. The normalized spacial score (nSPS) is 19.9. The standard InChI is InChI=1S/C13H17F10NO/c14-10(15,6-12(18,19)20)7-25-8-11(16,17)9(13(21,22)23)24-4-2-1-3-5-24/h9H,1-8H2. The Labute approximate surface area is 137 Å². The van der Waals surface area contributed by atoms with E-state index in [0.29, 0.717) is 11.3 Å². The molecule has 0 amide bonds. The third-order valence-electron chi connectivity index (χ3n) is 3.53. The molecule has 12 heteroatoms. The van der Waals surface area contributed by atoms with Crippen LogP contribution in [0.25, 0.3) is 0 Å². The third-order valence-corrected chi connectivity index (χ3v) is 3.53. The van der Waals surface area contributed by atoms with Gasteiger partial charge in [-0.1, -0.05) is 6.42 Å². The molecule has 0 aromatic rings. The van der Waals surface area contributed by atoms with Gasteiger partial charge in [-0.3, -0.25) is 4.90 Å². The van der Waals surface area contributed by atoms with Gasteiger partial charge in [-0.15, -0.1) is 0 Å². The number of halogens is 10. The summed E-state index contributed by atoms with van der Waals surface area (Å²) in [4.78, 5) is 0.501. The van der Waals surface area contributed by atoms with E-state index in [1.165, 1.54) is 0 Å². The van der Waals surface area contributed by atoms with Gasteiger partial charge in [0.05, 0.1) is 0 Å². The zero-order valence-electron chi connectivity index (χ0n) is 12.9. The van der Waals surface area contributed by atoms with Gasteiger partial charge in [0.2, 0.25) is 0 Å². The molecule has 0 aliphatic carbocycles. The maximum atomic E-state index is 13.9. The van der Waals surface area contributed by atoms with E-state index < -0.39 is 49.9 Å². The average Bonchev–Trinajstić information content (AvgIpc) is 2.33. The fraction of sp³-hybridized carbons (Fsp3) is 1.00. The van der Waals surface area contributed by atoms with Crippen LogP contribution in [0.15, 0.2) is 0 Å². The van der Waals surface area contributed by atoms with Crippen molar-refractivity contribution in [2.45, 2.75) is 55.9 Å². The highest BCUT2D eigenvalue weighted by Gasteiger charge is 2.59. The lowest BCUT2D eigenvalue weighted by Gasteiger charge is -2.39. The molecular formula is C13H17F10NO. The van der Waals surface area contributed by atoms with Crippen molar-refractivity contribution in [3.8, 4) is 0 Å². The molecular weight excluding hydrogens is 376 g/mol. The number of likely N-dealkylation sites (tertiary alicyclic amines) is 1. The predicted octanol–water partition coefficient (Wildman–Crippen LogP) is 4.64. The summed E-state index contributed by atoms with van der Waals surface area (Å²) in [6, 6.07) is -3.24. The highest BCUT2D eigenvalue weighted by molar-refractivity contribution is 4.92. The number of rotatable bonds is 7. The first-order valence-electron chi connectivity index (χ1n) is 7.35. The van der Waals surface area contributed by atoms with Crippen LogP contribution in [-0.2, 0) is 4.74 Å². The molecule has 1 fully saturated rings. The Morgan fingerprint density at radius 1 is 0.760 bits per heavy atom. The van der Waals surface area contributed by atoms with E-state index in [-0.39, 0.29) is 25.9 Å². The number of nitrogens with zero attached hydrogens (tertiary/aromatic N) is 1. The Morgan fingerprint density at radius 2 is 1.28 bits per heavy atom. The second kappa shape index (κ2) is 7.85. The Hall–Kier alpha value is -0.780. The van der Waals surface area contributed by atoms with Gasteiger partial charge < -0.3 is 4.74 Å². The quantitative estimate of drug-likeness (QED) is 0.585. The van der Waals surface area contributed by atoms with Gasteiger partial charge in [-0.2, -0.15) is 26.3 Å². The first kappa shape index (κ1) is 22.3. The molecule has 1 saturated heterocycles. The number of ether oxygens (including phenoxy) is 1. The maximum Gasteiger partial charge on any atom is 0.410 e. The van der Waals surface area contributed by atoms with Gasteiger partial charge in [0, 0.05) is 0 Å². The average molecular weight is 393 g/mol. The maximum absolute atomic E-state index is 13.9. The highest BCUT2D eigenvalue weighted by atomic mass is 19.4. The first-order chi connectivity index (χ1) is 11.1. The smallest absolute Gasteiger partial charge is 0.369 e. The van der Waals surface area contributed by atoms with E-state index >= 15 is 0 Å². The minimum atomic E-state index is -5.35. The molecule has 1 unspecified atom stereocenters. The number of alkyl halides is 10. The van der Waals surface area contributed by atoms with E-state index in [0.717, 1.165) is 0 Å². The fourth-order valence-corrected chi connectivity index (χ4v) is 2.65. The minimum absolute atomic E-state index is 0.246. The molecule has 0 aromatic carbocycles. The van der Waals surface area contributed by atoms with Gasteiger partial charge >= 0.3 is 12.4 Å². The second-order valence-electron chi connectivity index (χ2n) is 5.94. The molecule has 1 rings (SSSR count). The highest BCUT2D eigenvalue weighted by Crippen LogP contribution is 2.38. The molecule has 0 bridgehead atoms. The van der Waals surface area contributed by atoms with Crippen LogP contribution in [0.2, 0.25) is 0 Å². The zero-order chi connectivity index (χ0) is 19.5. The molecule has 0 aromatic heterocycles. The molecule has 1 atom stereocenters. The van der Waals surface area contributed by atoms with E-state index in [9.17, 15) is 43.9 Å². The SMILES string of the molecule is FC(F)(F)CC(F)(F)COCC(F)(F)C(N1CCCCC1)C(F)(F)F. The van der Waals surface area contributed by atoms with Gasteiger partial charge in [-0.25, -0.2) is 17.6 Å². The summed E-state index contributed by atoms with van der Waals surface area (Å²) >= 11 is 0. The summed E-state index contributed by atoms with van der Waals surface area (Å²) in [6.07, 6.45) is -12.1. The van der Waals surface area contributed by atoms with Crippen LogP contribution in [-0.4, -0.2) is 61.4 Å². The Morgan fingerprint density at radius 3 is 1.72 bits per heavy atom. The van der Waals surface area contributed by atoms with E-state index in [1.54, 1.807) is 0 Å². The molecule has 0 spiro atoms. The van der Waals surface area contributed by atoms with Crippen LogP contribution in [0.5, 0.6) is 0 Å². The van der Waals surface area contributed by atoms with Crippen LogP contribution in [0.3, 0.4) is 0 Å². The van der Waals surface area contributed by atoms with Crippen molar-refractivity contribution in [1.29, 1.82) is 0 Å². The molecule has 0 N–H and O–H groups in total. The molecule has 25 heavy (non-hydrogen) atoms. The molecule has 0 saturated carbocycles. The van der Waals surface area contributed by atoms with Crippen molar-refractivity contribution in [3.63, 3.8) is 0 Å². The minimum Gasteiger partial charge on any atom is -0.369 e. The van der Waals surface area contributed by atoms with Crippen molar-refractivity contribution in [2.75, 3.05) is 26.3 Å². The molecule has 150 valence electrons. The van der Waals surface area contributed by atoms with E-state index in [1.807, 2.05) is 0 Å². The second-order valence-corrected chi connectivity index (χ2v) is 5.94. The van der Waals surface area contributed by atoms with Crippen molar-refractivity contribution >= 4 is 0 Å². The Balaban J connectivity index is 2.72.